The molecule has 2 N–H and O–H groups in total. The van der Waals surface area contributed by atoms with Crippen molar-refractivity contribution in [3.8, 4) is 0 Å². The molecule has 0 bridgehead atoms. The molecule has 2 rings (SSSR count). The van der Waals surface area contributed by atoms with Crippen LogP contribution >= 0.6 is 0 Å². The Labute approximate surface area is 95.7 Å². The van der Waals surface area contributed by atoms with Crippen molar-refractivity contribution in [2.24, 2.45) is 0 Å². The van der Waals surface area contributed by atoms with E-state index in [1.807, 2.05) is 25.1 Å². The molecule has 88 valence electrons. The fourth-order valence-electron chi connectivity index (χ4n) is 1.82. The second kappa shape index (κ2) is 4.91. The van der Waals surface area contributed by atoms with Crippen LogP contribution in [-0.4, -0.2) is 35.5 Å². The van der Waals surface area contributed by atoms with Crippen LogP contribution in [0.5, 0.6) is 0 Å². The molecule has 0 radical (unpaired) electrons. The first-order valence-corrected chi connectivity index (χ1v) is 5.64. The number of rotatable bonds is 4. The average molecular weight is 222 g/mol. The third-order valence-electron chi connectivity index (χ3n) is 2.95. The summed E-state index contributed by atoms with van der Waals surface area (Å²) in [6.07, 6.45) is 2.48. The van der Waals surface area contributed by atoms with Crippen molar-refractivity contribution in [2.45, 2.75) is 25.0 Å². The van der Waals surface area contributed by atoms with Crippen LogP contribution in [-0.2, 0) is 4.74 Å². The highest BCUT2D eigenvalue weighted by atomic mass is 16.5. The van der Waals surface area contributed by atoms with Crippen molar-refractivity contribution in [1.29, 1.82) is 0 Å². The second-order valence-electron chi connectivity index (χ2n) is 4.38. The fraction of sp³-hybridized carbons (Fsp3) is 0.583. The van der Waals surface area contributed by atoms with Gasteiger partial charge in [0.15, 0.2) is 0 Å². The number of nitrogens with one attached hydrogen (secondary N) is 1. The lowest BCUT2D eigenvalue weighted by Gasteiger charge is -2.23. The number of ether oxygens (including phenoxy) is 1. The summed E-state index contributed by atoms with van der Waals surface area (Å²) in [5.74, 6) is 0. The predicted molar refractivity (Wildman–Crippen MR) is 61.0 cm³/mol. The number of aliphatic hydroxyl groups is 1. The van der Waals surface area contributed by atoms with Crippen LogP contribution in [0, 0.1) is 0 Å². The molecule has 1 aliphatic rings. The number of hydrogen-bond acceptors (Lipinski definition) is 4. The summed E-state index contributed by atoms with van der Waals surface area (Å²) in [6, 6.07) is 5.99. The Morgan fingerprint density at radius 2 is 2.50 bits per heavy atom. The van der Waals surface area contributed by atoms with Gasteiger partial charge in [0, 0.05) is 31.8 Å². The molecule has 4 nitrogen and oxygen atoms in total. The van der Waals surface area contributed by atoms with Gasteiger partial charge in [-0.3, -0.25) is 4.98 Å². The summed E-state index contributed by atoms with van der Waals surface area (Å²) in [6.45, 7) is 3.66. The summed E-state index contributed by atoms with van der Waals surface area (Å²) < 4.78 is 5.19. The van der Waals surface area contributed by atoms with Crippen LogP contribution < -0.4 is 5.32 Å². The largest absolute Gasteiger partial charge is 0.386 e. The van der Waals surface area contributed by atoms with Gasteiger partial charge < -0.3 is 15.2 Å². The molecule has 1 aromatic rings. The van der Waals surface area contributed by atoms with E-state index in [1.165, 1.54) is 0 Å². The molecule has 2 unspecified atom stereocenters. The van der Waals surface area contributed by atoms with Crippen LogP contribution in [0.1, 0.15) is 25.1 Å². The molecule has 0 spiro atoms. The van der Waals surface area contributed by atoms with Gasteiger partial charge in [-0.25, -0.2) is 0 Å². The Morgan fingerprint density at radius 3 is 3.12 bits per heavy atom. The zero-order valence-corrected chi connectivity index (χ0v) is 9.52. The number of aromatic nitrogens is 1. The maximum atomic E-state index is 10.1. The minimum Gasteiger partial charge on any atom is -0.386 e. The van der Waals surface area contributed by atoms with E-state index < -0.39 is 5.60 Å². The van der Waals surface area contributed by atoms with E-state index in [4.69, 9.17) is 4.74 Å². The Bertz CT molecular complexity index is 323. The first-order valence-electron chi connectivity index (χ1n) is 5.64. The summed E-state index contributed by atoms with van der Waals surface area (Å²) >= 11 is 0. The van der Waals surface area contributed by atoms with Crippen molar-refractivity contribution in [3.05, 3.63) is 30.1 Å². The highest BCUT2D eigenvalue weighted by Gasteiger charge is 2.32. The highest BCUT2D eigenvalue weighted by molar-refractivity contribution is 5.07. The molecule has 2 atom stereocenters. The lowest BCUT2D eigenvalue weighted by atomic mass is 10.0. The second-order valence-corrected chi connectivity index (χ2v) is 4.38. The molecule has 1 aliphatic heterocycles. The zero-order valence-electron chi connectivity index (χ0n) is 9.52. The molecule has 1 fully saturated rings. The maximum absolute atomic E-state index is 10.1. The smallest absolute Gasteiger partial charge is 0.103 e. The molecular weight excluding hydrogens is 204 g/mol. The summed E-state index contributed by atoms with van der Waals surface area (Å²) in [5.41, 5.74) is 0.285. The van der Waals surface area contributed by atoms with Gasteiger partial charge in [0.2, 0.25) is 0 Å². The number of hydrogen-bond donors (Lipinski definition) is 2. The topological polar surface area (TPSA) is 54.4 Å². The van der Waals surface area contributed by atoms with E-state index in [0.717, 1.165) is 5.69 Å². The van der Waals surface area contributed by atoms with E-state index in [2.05, 4.69) is 10.3 Å². The van der Waals surface area contributed by atoms with Gasteiger partial charge in [-0.2, -0.15) is 0 Å². The molecule has 0 aliphatic carbocycles. The lowest BCUT2D eigenvalue weighted by molar-refractivity contribution is 0.0251. The van der Waals surface area contributed by atoms with Gasteiger partial charge in [-0.15, -0.1) is 0 Å². The number of pyridine rings is 1. The van der Waals surface area contributed by atoms with E-state index in [0.29, 0.717) is 26.2 Å². The van der Waals surface area contributed by atoms with Crippen molar-refractivity contribution in [3.63, 3.8) is 0 Å². The van der Waals surface area contributed by atoms with Gasteiger partial charge in [0.1, 0.15) is 5.60 Å². The SMILES string of the molecule is CC(NCC1(O)CCOC1)c1ccccn1. The van der Waals surface area contributed by atoms with Crippen LogP contribution in [0.25, 0.3) is 0 Å². The molecule has 4 heteroatoms. The molecule has 0 saturated carbocycles. The first kappa shape index (κ1) is 11.5. The minimum absolute atomic E-state index is 0.144. The van der Waals surface area contributed by atoms with Crippen molar-refractivity contribution >= 4 is 0 Å². The summed E-state index contributed by atoms with van der Waals surface area (Å²) in [4.78, 5) is 4.27. The third-order valence-corrected chi connectivity index (χ3v) is 2.95. The van der Waals surface area contributed by atoms with E-state index in [1.54, 1.807) is 6.20 Å². The third kappa shape index (κ3) is 2.78. The Kier molecular flexibility index (Phi) is 3.53. The molecule has 1 saturated heterocycles. The average Bonchev–Trinajstić information content (AvgIpc) is 2.75. The molecule has 0 amide bonds. The molecule has 0 aromatic carbocycles. The van der Waals surface area contributed by atoms with E-state index in [9.17, 15) is 5.11 Å². The van der Waals surface area contributed by atoms with Crippen LogP contribution in [0.3, 0.4) is 0 Å². The van der Waals surface area contributed by atoms with Crippen molar-refractivity contribution in [2.75, 3.05) is 19.8 Å². The standard InChI is InChI=1S/C12H18N2O2/c1-10(11-4-2-3-6-13-11)14-8-12(15)5-7-16-9-12/h2-4,6,10,14-15H,5,7-9H2,1H3. The Balaban J connectivity index is 1.86. The fourth-order valence-corrected chi connectivity index (χ4v) is 1.82. The normalized spacial score (nSPS) is 26.9. The zero-order chi connectivity index (χ0) is 11.4. The summed E-state index contributed by atoms with van der Waals surface area (Å²) in [7, 11) is 0. The van der Waals surface area contributed by atoms with Gasteiger partial charge >= 0.3 is 0 Å². The van der Waals surface area contributed by atoms with Crippen LogP contribution in [0.4, 0.5) is 0 Å². The van der Waals surface area contributed by atoms with Gasteiger partial charge in [0.05, 0.1) is 12.3 Å². The molecule has 1 aromatic heterocycles. The number of nitrogens with zero attached hydrogens (tertiary/aromatic N) is 1. The molecule has 16 heavy (non-hydrogen) atoms. The Morgan fingerprint density at radius 1 is 1.62 bits per heavy atom. The van der Waals surface area contributed by atoms with Gasteiger partial charge in [-0.1, -0.05) is 6.07 Å². The van der Waals surface area contributed by atoms with Crippen molar-refractivity contribution < 1.29 is 9.84 Å². The Hall–Kier alpha value is -0.970. The monoisotopic (exact) mass is 222 g/mol. The van der Waals surface area contributed by atoms with Gasteiger partial charge in [0.25, 0.3) is 0 Å². The van der Waals surface area contributed by atoms with Crippen molar-refractivity contribution in [1.82, 2.24) is 10.3 Å². The molecular formula is C12H18N2O2. The van der Waals surface area contributed by atoms with E-state index >= 15 is 0 Å². The van der Waals surface area contributed by atoms with E-state index in [-0.39, 0.29) is 6.04 Å². The summed E-state index contributed by atoms with van der Waals surface area (Å²) in [5, 5.41) is 13.4. The highest BCUT2D eigenvalue weighted by Crippen LogP contribution is 2.18. The van der Waals surface area contributed by atoms with Gasteiger partial charge in [-0.05, 0) is 19.1 Å². The van der Waals surface area contributed by atoms with Crippen LogP contribution in [0.2, 0.25) is 0 Å². The minimum atomic E-state index is -0.705. The predicted octanol–water partition coefficient (Wildman–Crippen LogP) is 0.884. The quantitative estimate of drug-likeness (QED) is 0.794. The lowest BCUT2D eigenvalue weighted by Crippen LogP contribution is -2.42. The first-order chi connectivity index (χ1) is 7.70. The molecule has 2 heterocycles. The van der Waals surface area contributed by atoms with Crippen LogP contribution in [0.15, 0.2) is 24.4 Å². The maximum Gasteiger partial charge on any atom is 0.103 e.